The van der Waals surface area contributed by atoms with Crippen LogP contribution in [0.5, 0.6) is 5.75 Å². The fourth-order valence-corrected chi connectivity index (χ4v) is 2.47. The second-order valence-corrected chi connectivity index (χ2v) is 5.28. The number of benzene rings is 1. The highest BCUT2D eigenvalue weighted by molar-refractivity contribution is 5.94. The average molecular weight is 292 g/mol. The van der Waals surface area contributed by atoms with Crippen molar-refractivity contribution in [3.05, 3.63) is 29.3 Å². The molecule has 0 N–H and O–H groups in total. The monoisotopic (exact) mass is 292 g/mol. The lowest BCUT2D eigenvalue weighted by atomic mass is 10.1. The lowest BCUT2D eigenvalue weighted by molar-refractivity contribution is 0.0663. The summed E-state index contributed by atoms with van der Waals surface area (Å²) in [5.41, 5.74) is 1.62. The summed E-state index contributed by atoms with van der Waals surface area (Å²) in [6.45, 7) is 6.40. The van der Waals surface area contributed by atoms with E-state index in [0.717, 1.165) is 37.5 Å². The third kappa shape index (κ3) is 3.95. The van der Waals surface area contributed by atoms with Gasteiger partial charge in [0.2, 0.25) is 0 Å². The van der Waals surface area contributed by atoms with E-state index in [1.54, 1.807) is 7.11 Å². The van der Waals surface area contributed by atoms with Crippen LogP contribution in [0.2, 0.25) is 0 Å². The predicted octanol–water partition coefficient (Wildman–Crippen LogP) is 1.62. The van der Waals surface area contributed by atoms with Crippen LogP contribution in [-0.2, 0) is 11.3 Å². The first-order valence-electron chi connectivity index (χ1n) is 7.38. The van der Waals surface area contributed by atoms with Crippen LogP contribution in [0.25, 0.3) is 0 Å². The van der Waals surface area contributed by atoms with Gasteiger partial charge in [0.1, 0.15) is 5.75 Å². The van der Waals surface area contributed by atoms with E-state index in [2.05, 4.69) is 11.9 Å². The molecule has 21 heavy (non-hydrogen) atoms. The van der Waals surface area contributed by atoms with E-state index in [4.69, 9.17) is 9.47 Å². The summed E-state index contributed by atoms with van der Waals surface area (Å²) in [6.07, 6.45) is 0. The van der Waals surface area contributed by atoms with E-state index in [-0.39, 0.29) is 5.91 Å². The van der Waals surface area contributed by atoms with E-state index in [9.17, 15) is 4.79 Å². The van der Waals surface area contributed by atoms with Crippen molar-refractivity contribution in [3.8, 4) is 5.75 Å². The van der Waals surface area contributed by atoms with E-state index in [1.807, 2.05) is 30.0 Å². The average Bonchev–Trinajstić information content (AvgIpc) is 2.49. The third-order valence-electron chi connectivity index (χ3n) is 3.70. The molecule has 2 rings (SSSR count). The largest absolute Gasteiger partial charge is 0.494 e. The van der Waals surface area contributed by atoms with Gasteiger partial charge >= 0.3 is 0 Å². The number of amides is 1. The fraction of sp³-hybridized carbons (Fsp3) is 0.562. The molecule has 1 amide bonds. The van der Waals surface area contributed by atoms with E-state index >= 15 is 0 Å². The molecule has 5 heteroatoms. The van der Waals surface area contributed by atoms with E-state index in [0.29, 0.717) is 18.8 Å². The molecule has 1 aliphatic heterocycles. The van der Waals surface area contributed by atoms with Crippen LogP contribution in [0.15, 0.2) is 18.2 Å². The Labute approximate surface area is 126 Å². The Balaban J connectivity index is 2.15. The van der Waals surface area contributed by atoms with Crippen LogP contribution in [0.1, 0.15) is 22.8 Å². The van der Waals surface area contributed by atoms with Gasteiger partial charge in [-0.2, -0.15) is 0 Å². The number of hydrogen-bond donors (Lipinski definition) is 0. The molecule has 5 nitrogen and oxygen atoms in total. The molecule has 0 radical (unpaired) electrons. The van der Waals surface area contributed by atoms with Gasteiger partial charge in [-0.15, -0.1) is 0 Å². The number of rotatable bonds is 5. The molecule has 0 aromatic heterocycles. The lowest BCUT2D eigenvalue weighted by Crippen LogP contribution is -2.47. The fourth-order valence-electron chi connectivity index (χ4n) is 2.47. The van der Waals surface area contributed by atoms with Gasteiger partial charge in [0.15, 0.2) is 0 Å². The first-order chi connectivity index (χ1) is 10.2. The minimum Gasteiger partial charge on any atom is -0.494 e. The minimum absolute atomic E-state index is 0.0866. The van der Waals surface area contributed by atoms with Crippen molar-refractivity contribution in [1.82, 2.24) is 9.80 Å². The zero-order valence-corrected chi connectivity index (χ0v) is 13.1. The number of carbonyl (C=O) groups is 1. The summed E-state index contributed by atoms with van der Waals surface area (Å²) < 4.78 is 10.8. The molecule has 1 aromatic carbocycles. The zero-order valence-electron chi connectivity index (χ0n) is 13.1. The van der Waals surface area contributed by atoms with Gasteiger partial charge in [-0.3, -0.25) is 4.79 Å². The smallest absolute Gasteiger partial charge is 0.253 e. The van der Waals surface area contributed by atoms with Crippen molar-refractivity contribution < 1.29 is 14.3 Å². The Morgan fingerprint density at radius 1 is 1.24 bits per heavy atom. The first-order valence-corrected chi connectivity index (χ1v) is 7.38. The van der Waals surface area contributed by atoms with Crippen molar-refractivity contribution >= 4 is 5.91 Å². The van der Waals surface area contributed by atoms with Crippen LogP contribution in [0, 0.1) is 0 Å². The maximum Gasteiger partial charge on any atom is 0.253 e. The topological polar surface area (TPSA) is 42.0 Å². The lowest BCUT2D eigenvalue weighted by Gasteiger charge is -2.32. The van der Waals surface area contributed by atoms with Crippen molar-refractivity contribution in [1.29, 1.82) is 0 Å². The molecule has 0 aliphatic carbocycles. The molecule has 1 saturated heterocycles. The Morgan fingerprint density at radius 2 is 1.95 bits per heavy atom. The number of methoxy groups -OCH3 is 1. The SMILES string of the molecule is CCOc1ccc(C(=O)N2CCN(C)CC2)cc1COC. The van der Waals surface area contributed by atoms with Crippen LogP contribution in [-0.4, -0.2) is 62.7 Å². The number of nitrogens with zero attached hydrogens (tertiary/aromatic N) is 2. The second kappa shape index (κ2) is 7.43. The normalized spacial score (nSPS) is 16.0. The van der Waals surface area contributed by atoms with E-state index in [1.165, 1.54) is 0 Å². The van der Waals surface area contributed by atoms with Crippen molar-refractivity contribution in [2.24, 2.45) is 0 Å². The van der Waals surface area contributed by atoms with Gasteiger partial charge in [0.05, 0.1) is 13.2 Å². The number of piperazine rings is 1. The van der Waals surface area contributed by atoms with Crippen molar-refractivity contribution in [2.45, 2.75) is 13.5 Å². The summed E-state index contributed by atoms with van der Waals surface area (Å²) in [6, 6.07) is 5.58. The summed E-state index contributed by atoms with van der Waals surface area (Å²) >= 11 is 0. The van der Waals surface area contributed by atoms with Gasteiger partial charge in [-0.05, 0) is 32.2 Å². The summed E-state index contributed by atoms with van der Waals surface area (Å²) in [7, 11) is 3.72. The van der Waals surface area contributed by atoms with Gasteiger partial charge in [0, 0.05) is 44.4 Å². The Kier molecular flexibility index (Phi) is 5.59. The van der Waals surface area contributed by atoms with Gasteiger partial charge in [0.25, 0.3) is 5.91 Å². The number of ether oxygens (including phenoxy) is 2. The summed E-state index contributed by atoms with van der Waals surface area (Å²) in [5, 5.41) is 0. The molecule has 0 saturated carbocycles. The summed E-state index contributed by atoms with van der Waals surface area (Å²) in [4.78, 5) is 16.7. The predicted molar refractivity (Wildman–Crippen MR) is 81.7 cm³/mol. The Hall–Kier alpha value is -1.59. The molecule has 1 aromatic rings. The molecular formula is C16H24N2O3. The molecule has 1 heterocycles. The molecule has 1 fully saturated rings. The van der Waals surface area contributed by atoms with Gasteiger partial charge in [-0.25, -0.2) is 0 Å². The maximum atomic E-state index is 12.6. The zero-order chi connectivity index (χ0) is 15.2. The van der Waals surface area contributed by atoms with Crippen molar-refractivity contribution in [2.75, 3.05) is 46.9 Å². The maximum absolute atomic E-state index is 12.6. The molecule has 0 spiro atoms. The van der Waals surface area contributed by atoms with Crippen LogP contribution < -0.4 is 4.74 Å². The highest BCUT2D eigenvalue weighted by Crippen LogP contribution is 2.22. The van der Waals surface area contributed by atoms with E-state index < -0.39 is 0 Å². The standard InChI is InChI=1S/C16H24N2O3/c1-4-21-15-6-5-13(11-14(15)12-20-3)16(19)18-9-7-17(2)8-10-18/h5-6,11H,4,7-10,12H2,1-3H3. The number of likely N-dealkylation sites (N-methyl/N-ethyl adjacent to an activating group) is 1. The Morgan fingerprint density at radius 3 is 2.57 bits per heavy atom. The molecule has 0 unspecified atom stereocenters. The number of carbonyl (C=O) groups excluding carboxylic acids is 1. The Bertz CT molecular complexity index is 482. The summed E-state index contributed by atoms with van der Waals surface area (Å²) in [5.74, 6) is 0.873. The minimum atomic E-state index is 0.0866. The quantitative estimate of drug-likeness (QED) is 0.827. The first kappa shape index (κ1) is 15.8. The molecule has 0 atom stereocenters. The third-order valence-corrected chi connectivity index (χ3v) is 3.70. The van der Waals surface area contributed by atoms with Gasteiger partial charge in [-0.1, -0.05) is 0 Å². The number of hydrogen-bond acceptors (Lipinski definition) is 4. The molecule has 116 valence electrons. The highest BCUT2D eigenvalue weighted by atomic mass is 16.5. The molecular weight excluding hydrogens is 268 g/mol. The highest BCUT2D eigenvalue weighted by Gasteiger charge is 2.21. The van der Waals surface area contributed by atoms with Crippen LogP contribution >= 0.6 is 0 Å². The van der Waals surface area contributed by atoms with Crippen LogP contribution in [0.4, 0.5) is 0 Å². The molecule has 1 aliphatic rings. The molecule has 0 bridgehead atoms. The van der Waals surface area contributed by atoms with Gasteiger partial charge < -0.3 is 19.3 Å². The van der Waals surface area contributed by atoms with Crippen molar-refractivity contribution in [3.63, 3.8) is 0 Å². The van der Waals surface area contributed by atoms with Crippen LogP contribution in [0.3, 0.4) is 0 Å². The second-order valence-electron chi connectivity index (χ2n) is 5.28.